The number of rotatable bonds is 6. The quantitative estimate of drug-likeness (QED) is 0.811. The molecular weight excluding hydrogens is 321 g/mol. The summed E-state index contributed by atoms with van der Waals surface area (Å²) in [5, 5.41) is 4.14. The van der Waals surface area contributed by atoms with E-state index in [1.807, 2.05) is 16.8 Å². The highest BCUT2D eigenvalue weighted by Gasteiger charge is 2.28. The zero-order chi connectivity index (χ0) is 17.0. The number of benzene rings is 1. The minimum absolute atomic E-state index is 0.233. The zero-order valence-corrected chi connectivity index (χ0v) is 13.1. The second kappa shape index (κ2) is 7.21. The van der Waals surface area contributed by atoms with Crippen LogP contribution in [0.4, 0.5) is 13.2 Å². The molecule has 0 saturated carbocycles. The van der Waals surface area contributed by atoms with Crippen molar-refractivity contribution in [3.8, 4) is 5.75 Å². The van der Waals surface area contributed by atoms with Gasteiger partial charge in [0.2, 0.25) is 0 Å². The number of hydrogen-bond donors (Lipinski definition) is 0. The number of ether oxygens (including phenoxy) is 1. The van der Waals surface area contributed by atoms with Gasteiger partial charge in [0.05, 0.1) is 6.54 Å². The van der Waals surface area contributed by atoms with Gasteiger partial charge in [-0.15, -0.1) is 0 Å². The SMILES string of the molecule is FC(F)(F)COc1ccc(CN2CCC[C@@H]2Cn2cncn2)cc1. The third kappa shape index (κ3) is 4.70. The van der Waals surface area contributed by atoms with E-state index in [0.717, 1.165) is 38.0 Å². The van der Waals surface area contributed by atoms with Crippen LogP contribution < -0.4 is 4.74 Å². The van der Waals surface area contributed by atoms with Crippen LogP contribution in [0.2, 0.25) is 0 Å². The van der Waals surface area contributed by atoms with E-state index < -0.39 is 12.8 Å². The van der Waals surface area contributed by atoms with E-state index in [0.29, 0.717) is 6.04 Å². The van der Waals surface area contributed by atoms with Crippen LogP contribution in [0.25, 0.3) is 0 Å². The Bertz CT molecular complexity index is 628. The maximum absolute atomic E-state index is 12.1. The topological polar surface area (TPSA) is 43.2 Å². The van der Waals surface area contributed by atoms with Crippen molar-refractivity contribution in [1.82, 2.24) is 19.7 Å². The van der Waals surface area contributed by atoms with Crippen molar-refractivity contribution in [2.45, 2.75) is 38.1 Å². The molecule has 5 nitrogen and oxygen atoms in total. The third-order valence-electron chi connectivity index (χ3n) is 4.07. The zero-order valence-electron chi connectivity index (χ0n) is 13.1. The van der Waals surface area contributed by atoms with Gasteiger partial charge in [-0.2, -0.15) is 18.3 Å². The van der Waals surface area contributed by atoms with Crippen LogP contribution in [0.1, 0.15) is 18.4 Å². The van der Waals surface area contributed by atoms with Gasteiger partial charge in [-0.25, -0.2) is 4.98 Å². The molecule has 0 bridgehead atoms. The summed E-state index contributed by atoms with van der Waals surface area (Å²) in [4.78, 5) is 6.33. The Balaban J connectivity index is 1.55. The normalized spacial score (nSPS) is 18.9. The summed E-state index contributed by atoms with van der Waals surface area (Å²) in [6, 6.07) is 7.20. The molecule has 8 heteroatoms. The standard InChI is InChI=1S/C16H19F3N4O/c17-16(18,19)10-24-15-5-3-13(4-6-15)8-22-7-1-2-14(22)9-23-12-20-11-21-23/h3-6,11-12,14H,1-2,7-10H2/t14-/m1/s1. The molecule has 0 unspecified atom stereocenters. The first-order valence-corrected chi connectivity index (χ1v) is 7.84. The molecule has 3 rings (SSSR count). The highest BCUT2D eigenvalue weighted by atomic mass is 19.4. The van der Waals surface area contributed by atoms with Crippen molar-refractivity contribution >= 4 is 0 Å². The van der Waals surface area contributed by atoms with Crippen LogP contribution in [-0.2, 0) is 13.1 Å². The van der Waals surface area contributed by atoms with Gasteiger partial charge in [0.25, 0.3) is 0 Å². The molecule has 1 saturated heterocycles. The summed E-state index contributed by atoms with van der Waals surface area (Å²) in [5.74, 6) is 0.233. The molecule has 1 aromatic carbocycles. The lowest BCUT2D eigenvalue weighted by Crippen LogP contribution is -2.32. The molecule has 2 heterocycles. The molecule has 1 aliphatic rings. The van der Waals surface area contributed by atoms with E-state index in [4.69, 9.17) is 4.74 Å². The largest absolute Gasteiger partial charge is 0.484 e. The molecule has 0 radical (unpaired) electrons. The second-order valence-electron chi connectivity index (χ2n) is 5.93. The van der Waals surface area contributed by atoms with Gasteiger partial charge in [-0.1, -0.05) is 12.1 Å². The average Bonchev–Trinajstić information content (AvgIpc) is 3.19. The molecule has 2 aromatic rings. The van der Waals surface area contributed by atoms with Crippen molar-refractivity contribution in [3.63, 3.8) is 0 Å². The van der Waals surface area contributed by atoms with Crippen molar-refractivity contribution < 1.29 is 17.9 Å². The first kappa shape index (κ1) is 16.8. The molecule has 0 aliphatic carbocycles. The predicted molar refractivity (Wildman–Crippen MR) is 81.4 cm³/mol. The Labute approximate surface area is 138 Å². The smallest absolute Gasteiger partial charge is 0.422 e. The number of hydrogen-bond acceptors (Lipinski definition) is 4. The van der Waals surface area contributed by atoms with Gasteiger partial charge in [-0.05, 0) is 37.1 Å². The Morgan fingerprint density at radius 1 is 1.21 bits per heavy atom. The molecule has 1 aromatic heterocycles. The Morgan fingerprint density at radius 3 is 2.67 bits per heavy atom. The summed E-state index contributed by atoms with van der Waals surface area (Å²) in [7, 11) is 0. The Morgan fingerprint density at radius 2 is 2.00 bits per heavy atom. The number of likely N-dealkylation sites (tertiary alicyclic amines) is 1. The Kier molecular flexibility index (Phi) is 5.03. The first-order valence-electron chi connectivity index (χ1n) is 7.84. The van der Waals surface area contributed by atoms with Crippen molar-refractivity contribution in [2.75, 3.05) is 13.2 Å². The molecule has 0 N–H and O–H groups in total. The van der Waals surface area contributed by atoms with Crippen LogP contribution >= 0.6 is 0 Å². The van der Waals surface area contributed by atoms with Crippen molar-refractivity contribution in [3.05, 3.63) is 42.5 Å². The molecule has 130 valence electrons. The van der Waals surface area contributed by atoms with E-state index in [1.165, 1.54) is 6.33 Å². The van der Waals surface area contributed by atoms with E-state index in [2.05, 4.69) is 15.0 Å². The van der Waals surface area contributed by atoms with Crippen LogP contribution in [0.3, 0.4) is 0 Å². The minimum Gasteiger partial charge on any atom is -0.484 e. The molecule has 0 amide bonds. The lowest BCUT2D eigenvalue weighted by molar-refractivity contribution is -0.153. The fourth-order valence-electron chi connectivity index (χ4n) is 2.94. The van der Waals surface area contributed by atoms with Crippen LogP contribution in [0.5, 0.6) is 5.75 Å². The summed E-state index contributed by atoms with van der Waals surface area (Å²) in [6.45, 7) is 1.30. The van der Waals surface area contributed by atoms with Crippen LogP contribution in [0, 0.1) is 0 Å². The predicted octanol–water partition coefficient (Wildman–Crippen LogP) is 2.88. The highest BCUT2D eigenvalue weighted by Crippen LogP contribution is 2.23. The van der Waals surface area contributed by atoms with E-state index in [9.17, 15) is 13.2 Å². The average molecular weight is 340 g/mol. The molecule has 0 spiro atoms. The highest BCUT2D eigenvalue weighted by molar-refractivity contribution is 5.27. The van der Waals surface area contributed by atoms with E-state index in [1.54, 1.807) is 18.5 Å². The third-order valence-corrected chi connectivity index (χ3v) is 4.07. The second-order valence-corrected chi connectivity index (χ2v) is 5.93. The molecule has 24 heavy (non-hydrogen) atoms. The molecule has 1 fully saturated rings. The minimum atomic E-state index is -4.32. The maximum Gasteiger partial charge on any atom is 0.422 e. The molecule has 1 atom stereocenters. The fraction of sp³-hybridized carbons (Fsp3) is 0.500. The van der Waals surface area contributed by atoms with Gasteiger partial charge in [-0.3, -0.25) is 9.58 Å². The summed E-state index contributed by atoms with van der Waals surface area (Å²) < 4.78 is 43.0. The number of nitrogens with zero attached hydrogens (tertiary/aromatic N) is 4. The number of aromatic nitrogens is 3. The van der Waals surface area contributed by atoms with Crippen LogP contribution in [-0.4, -0.2) is 45.0 Å². The van der Waals surface area contributed by atoms with E-state index >= 15 is 0 Å². The van der Waals surface area contributed by atoms with Crippen molar-refractivity contribution in [2.24, 2.45) is 0 Å². The van der Waals surface area contributed by atoms with Crippen molar-refractivity contribution in [1.29, 1.82) is 0 Å². The lowest BCUT2D eigenvalue weighted by atomic mass is 10.1. The van der Waals surface area contributed by atoms with Gasteiger partial charge in [0.1, 0.15) is 18.4 Å². The summed E-state index contributed by atoms with van der Waals surface area (Å²) >= 11 is 0. The van der Waals surface area contributed by atoms with Crippen LogP contribution in [0.15, 0.2) is 36.9 Å². The molecular formula is C16H19F3N4O. The van der Waals surface area contributed by atoms with Gasteiger partial charge in [0.15, 0.2) is 6.61 Å². The fourth-order valence-corrected chi connectivity index (χ4v) is 2.94. The van der Waals surface area contributed by atoms with Gasteiger partial charge in [0, 0.05) is 12.6 Å². The number of halogens is 3. The summed E-state index contributed by atoms with van der Waals surface area (Å²) in [5.41, 5.74) is 1.06. The molecule has 1 aliphatic heterocycles. The monoisotopic (exact) mass is 340 g/mol. The maximum atomic E-state index is 12.1. The first-order chi connectivity index (χ1) is 11.5. The van der Waals surface area contributed by atoms with E-state index in [-0.39, 0.29) is 5.75 Å². The van der Waals surface area contributed by atoms with Gasteiger partial charge < -0.3 is 4.74 Å². The number of alkyl halides is 3. The summed E-state index contributed by atoms with van der Waals surface area (Å²) in [6.07, 6.45) is 1.16. The lowest BCUT2D eigenvalue weighted by Gasteiger charge is -2.24. The van der Waals surface area contributed by atoms with Gasteiger partial charge >= 0.3 is 6.18 Å². The Hall–Kier alpha value is -2.09.